The molecule has 1 heterocycles. The van der Waals surface area contributed by atoms with Gasteiger partial charge in [-0.2, -0.15) is 0 Å². The number of carbonyl (C=O) groups is 4. The van der Waals surface area contributed by atoms with E-state index in [4.69, 9.17) is 4.74 Å². The minimum atomic E-state index is -0.661. The van der Waals surface area contributed by atoms with Crippen LogP contribution in [0, 0.1) is 17.8 Å². The highest BCUT2D eigenvalue weighted by atomic mass is 16.5. The summed E-state index contributed by atoms with van der Waals surface area (Å²) in [6, 6.07) is 19.4. The number of hydrogen-bond acceptors (Lipinski definition) is 5. The number of amides is 3. The third kappa shape index (κ3) is 4.41. The molecular weight excluding hydrogens is 444 g/mol. The van der Waals surface area contributed by atoms with E-state index in [1.807, 2.05) is 36.4 Å². The van der Waals surface area contributed by atoms with Crippen LogP contribution >= 0.6 is 0 Å². The predicted molar refractivity (Wildman–Crippen MR) is 132 cm³/mol. The van der Waals surface area contributed by atoms with Crippen LogP contribution in [-0.4, -0.2) is 30.3 Å². The van der Waals surface area contributed by atoms with Crippen LogP contribution < -0.4 is 10.2 Å². The fourth-order valence-electron chi connectivity index (χ4n) is 5.13. The number of rotatable bonds is 5. The van der Waals surface area contributed by atoms with Gasteiger partial charge in [-0.15, -0.1) is 0 Å². The molecule has 1 N–H and O–H groups in total. The van der Waals surface area contributed by atoms with E-state index < -0.39 is 18.5 Å². The molecule has 0 aromatic heterocycles. The lowest BCUT2D eigenvalue weighted by molar-refractivity contribution is -0.122. The van der Waals surface area contributed by atoms with Gasteiger partial charge in [0, 0.05) is 11.1 Å². The summed E-state index contributed by atoms with van der Waals surface area (Å²) in [5, 5.41) is 4.66. The van der Waals surface area contributed by atoms with Gasteiger partial charge in [-0.3, -0.25) is 19.3 Å². The number of benzene rings is 3. The molecule has 0 radical (unpaired) electrons. The first-order valence-electron chi connectivity index (χ1n) is 11.8. The van der Waals surface area contributed by atoms with Crippen molar-refractivity contribution in [3.05, 3.63) is 72.3 Å². The Morgan fingerprint density at radius 3 is 2.43 bits per heavy atom. The molecule has 1 saturated heterocycles. The maximum atomic E-state index is 12.9. The molecule has 3 atom stereocenters. The topological polar surface area (TPSA) is 92.8 Å². The number of imide groups is 1. The number of ether oxygens (including phenoxy) is 1. The molecule has 1 saturated carbocycles. The molecule has 1 aliphatic carbocycles. The van der Waals surface area contributed by atoms with E-state index >= 15 is 0 Å². The fourth-order valence-corrected chi connectivity index (χ4v) is 5.13. The van der Waals surface area contributed by atoms with Gasteiger partial charge in [-0.05, 0) is 60.9 Å². The summed E-state index contributed by atoms with van der Waals surface area (Å²) in [5.41, 5.74) is 1.33. The van der Waals surface area contributed by atoms with E-state index in [1.165, 1.54) is 17.0 Å². The Balaban J connectivity index is 1.20. The minimum absolute atomic E-state index is 0.160. The third-order valence-corrected chi connectivity index (χ3v) is 6.95. The maximum Gasteiger partial charge on any atom is 0.338 e. The molecule has 5 rings (SSSR count). The quantitative estimate of drug-likeness (QED) is 0.436. The molecule has 2 aliphatic rings. The van der Waals surface area contributed by atoms with Gasteiger partial charge in [0.25, 0.3) is 5.91 Å². The molecule has 7 heteroatoms. The van der Waals surface area contributed by atoms with Crippen molar-refractivity contribution in [1.82, 2.24) is 0 Å². The second-order valence-corrected chi connectivity index (χ2v) is 9.34. The molecule has 35 heavy (non-hydrogen) atoms. The van der Waals surface area contributed by atoms with Crippen molar-refractivity contribution in [2.24, 2.45) is 17.8 Å². The van der Waals surface area contributed by atoms with E-state index in [0.717, 1.165) is 30.0 Å². The first kappa shape index (κ1) is 22.8. The van der Waals surface area contributed by atoms with Gasteiger partial charge in [-0.1, -0.05) is 43.3 Å². The molecule has 3 aromatic rings. The SMILES string of the molecule is C[C@@H]1CC[C@H]2C(=O)N(c3ccc(C(=O)OCC(=O)Nc4cccc5ccccc45)cc3)C(=O)[C@@H]2C1. The lowest BCUT2D eigenvalue weighted by Crippen LogP contribution is -2.30. The summed E-state index contributed by atoms with van der Waals surface area (Å²) in [6.45, 7) is 1.67. The number of fused-ring (bicyclic) bond motifs is 2. The van der Waals surface area contributed by atoms with E-state index in [2.05, 4.69) is 12.2 Å². The standard InChI is InChI=1S/C28H26N2O5/c1-17-9-14-22-23(15-17)27(33)30(26(22)32)20-12-10-19(11-13-20)28(34)35-16-25(31)29-24-8-4-6-18-5-2-3-7-21(18)24/h2-8,10-13,17,22-23H,9,14-16H2,1H3,(H,29,31)/t17-,22-,23-/m1/s1. The summed E-state index contributed by atoms with van der Waals surface area (Å²) < 4.78 is 5.17. The smallest absolute Gasteiger partial charge is 0.338 e. The average Bonchev–Trinajstić information content (AvgIpc) is 3.12. The van der Waals surface area contributed by atoms with Gasteiger partial charge in [-0.25, -0.2) is 4.79 Å². The first-order chi connectivity index (χ1) is 16.9. The lowest BCUT2D eigenvalue weighted by atomic mass is 9.76. The van der Waals surface area contributed by atoms with Crippen LogP contribution in [0.2, 0.25) is 0 Å². The van der Waals surface area contributed by atoms with Crippen LogP contribution in [0.3, 0.4) is 0 Å². The van der Waals surface area contributed by atoms with Crippen LogP contribution in [0.25, 0.3) is 10.8 Å². The van der Waals surface area contributed by atoms with Crippen LogP contribution in [0.5, 0.6) is 0 Å². The summed E-state index contributed by atoms with van der Waals surface area (Å²) >= 11 is 0. The van der Waals surface area contributed by atoms with Crippen molar-refractivity contribution in [2.45, 2.75) is 26.2 Å². The van der Waals surface area contributed by atoms with E-state index in [1.54, 1.807) is 18.2 Å². The molecule has 7 nitrogen and oxygen atoms in total. The van der Waals surface area contributed by atoms with Gasteiger partial charge < -0.3 is 10.1 Å². The van der Waals surface area contributed by atoms with Crippen molar-refractivity contribution < 1.29 is 23.9 Å². The number of esters is 1. The van der Waals surface area contributed by atoms with Crippen molar-refractivity contribution in [1.29, 1.82) is 0 Å². The van der Waals surface area contributed by atoms with Crippen LogP contribution in [0.15, 0.2) is 66.7 Å². The average molecular weight is 471 g/mol. The van der Waals surface area contributed by atoms with Crippen LogP contribution in [0.4, 0.5) is 11.4 Å². The molecule has 3 aromatic carbocycles. The molecule has 0 unspecified atom stereocenters. The van der Waals surface area contributed by atoms with Gasteiger partial charge in [0.05, 0.1) is 23.1 Å². The normalized spacial score (nSPS) is 21.6. The van der Waals surface area contributed by atoms with E-state index in [0.29, 0.717) is 17.3 Å². The summed E-state index contributed by atoms with van der Waals surface area (Å²) in [4.78, 5) is 51.8. The highest BCUT2D eigenvalue weighted by Crippen LogP contribution is 2.42. The molecule has 3 amide bonds. The van der Waals surface area contributed by atoms with E-state index in [9.17, 15) is 19.2 Å². The van der Waals surface area contributed by atoms with Gasteiger partial charge in [0.15, 0.2) is 6.61 Å². The zero-order chi connectivity index (χ0) is 24.5. The predicted octanol–water partition coefficient (Wildman–Crippen LogP) is 4.56. The molecule has 178 valence electrons. The molecular formula is C28H26N2O5. The maximum absolute atomic E-state index is 12.9. The molecule has 2 fully saturated rings. The lowest BCUT2D eigenvalue weighted by Gasteiger charge is -2.25. The zero-order valence-corrected chi connectivity index (χ0v) is 19.4. The Morgan fingerprint density at radius 1 is 0.914 bits per heavy atom. The second-order valence-electron chi connectivity index (χ2n) is 9.34. The van der Waals surface area contributed by atoms with Crippen molar-refractivity contribution in [3.63, 3.8) is 0 Å². The molecule has 1 aliphatic heterocycles. The molecule has 0 bridgehead atoms. The monoisotopic (exact) mass is 470 g/mol. The Labute approximate surface area is 203 Å². The van der Waals surface area contributed by atoms with Gasteiger partial charge >= 0.3 is 5.97 Å². The second kappa shape index (κ2) is 9.33. The number of carbonyl (C=O) groups excluding carboxylic acids is 4. The van der Waals surface area contributed by atoms with Gasteiger partial charge in [0.2, 0.25) is 11.8 Å². The van der Waals surface area contributed by atoms with Crippen molar-refractivity contribution >= 4 is 45.8 Å². The highest BCUT2D eigenvalue weighted by Gasteiger charge is 2.49. The largest absolute Gasteiger partial charge is 0.452 e. The fraction of sp³-hybridized carbons (Fsp3) is 0.286. The first-order valence-corrected chi connectivity index (χ1v) is 11.8. The van der Waals surface area contributed by atoms with E-state index in [-0.39, 0.29) is 29.2 Å². The minimum Gasteiger partial charge on any atom is -0.452 e. The van der Waals surface area contributed by atoms with Crippen LogP contribution in [0.1, 0.15) is 36.5 Å². The third-order valence-electron chi connectivity index (χ3n) is 6.95. The Hall–Kier alpha value is -4.00. The van der Waals surface area contributed by atoms with Crippen LogP contribution in [-0.2, 0) is 19.1 Å². The number of hydrogen-bond donors (Lipinski definition) is 1. The number of anilines is 2. The summed E-state index contributed by atoms with van der Waals surface area (Å²) in [6.07, 6.45) is 2.42. The Morgan fingerprint density at radius 2 is 1.63 bits per heavy atom. The summed E-state index contributed by atoms with van der Waals surface area (Å²) in [7, 11) is 0. The number of nitrogens with zero attached hydrogens (tertiary/aromatic N) is 1. The zero-order valence-electron chi connectivity index (χ0n) is 19.4. The molecule has 0 spiro atoms. The Kier molecular flexibility index (Phi) is 6.07. The van der Waals surface area contributed by atoms with Crippen molar-refractivity contribution in [3.8, 4) is 0 Å². The highest BCUT2D eigenvalue weighted by molar-refractivity contribution is 6.22. The van der Waals surface area contributed by atoms with Gasteiger partial charge in [0.1, 0.15) is 0 Å². The summed E-state index contributed by atoms with van der Waals surface area (Å²) in [5.74, 6) is -1.50. The Bertz CT molecular complexity index is 1310. The van der Waals surface area contributed by atoms with Crippen molar-refractivity contribution in [2.75, 3.05) is 16.8 Å². The number of nitrogens with one attached hydrogen (secondary N) is 1.